The summed E-state index contributed by atoms with van der Waals surface area (Å²) in [6, 6.07) is 20.6. The molecule has 1 fully saturated rings. The third-order valence-electron chi connectivity index (χ3n) is 5.17. The van der Waals surface area contributed by atoms with Gasteiger partial charge in [0, 0.05) is 5.56 Å². The average Bonchev–Trinajstić information content (AvgIpc) is 3.33. The number of para-hydroxylation sites is 1. The second kappa shape index (κ2) is 7.45. The van der Waals surface area contributed by atoms with E-state index in [0.29, 0.717) is 21.8 Å². The average molecular weight is 430 g/mol. The Bertz CT molecular complexity index is 1310. The van der Waals surface area contributed by atoms with Crippen molar-refractivity contribution in [3.05, 3.63) is 101 Å². The van der Waals surface area contributed by atoms with E-state index in [9.17, 15) is 19.1 Å². The van der Waals surface area contributed by atoms with Crippen LogP contribution in [0.25, 0.3) is 16.0 Å². The number of rotatable bonds is 3. The van der Waals surface area contributed by atoms with Crippen LogP contribution >= 0.6 is 11.3 Å². The fourth-order valence-electron chi connectivity index (χ4n) is 3.70. The van der Waals surface area contributed by atoms with E-state index in [0.717, 1.165) is 4.70 Å². The Labute approximate surface area is 180 Å². The molecule has 3 aromatic carbocycles. The lowest BCUT2D eigenvalue weighted by atomic mass is 9.95. The molecule has 1 aromatic heterocycles. The predicted octanol–water partition coefficient (Wildman–Crippen LogP) is 5.06. The van der Waals surface area contributed by atoms with E-state index in [1.54, 1.807) is 30.3 Å². The van der Waals surface area contributed by atoms with Crippen molar-refractivity contribution >= 4 is 44.1 Å². The van der Waals surface area contributed by atoms with Crippen molar-refractivity contribution in [3.63, 3.8) is 0 Å². The number of thiazole rings is 1. The summed E-state index contributed by atoms with van der Waals surface area (Å²) in [6.45, 7) is 0. The maximum atomic E-state index is 13.6. The number of amides is 1. The van der Waals surface area contributed by atoms with Gasteiger partial charge in [-0.1, -0.05) is 65.9 Å². The highest BCUT2D eigenvalue weighted by Gasteiger charge is 2.48. The van der Waals surface area contributed by atoms with E-state index in [4.69, 9.17) is 0 Å². The molecule has 1 N–H and O–H groups in total. The monoisotopic (exact) mass is 430 g/mol. The standard InChI is InChI=1S/C24H15FN2O3S/c25-16-12-10-14(11-13-16)20-19(21(28)15-6-2-1-3-7-15)22(29)23(30)27(20)24-26-17-8-4-5-9-18(17)31-24/h1-13,20,28H/b21-19+. The van der Waals surface area contributed by atoms with Crippen molar-refractivity contribution in [1.82, 2.24) is 4.98 Å². The lowest BCUT2D eigenvalue weighted by Gasteiger charge is -2.22. The van der Waals surface area contributed by atoms with Crippen LogP contribution in [0.5, 0.6) is 0 Å². The second-order valence-electron chi connectivity index (χ2n) is 7.05. The molecule has 5 nitrogen and oxygen atoms in total. The van der Waals surface area contributed by atoms with Crippen LogP contribution in [0, 0.1) is 5.82 Å². The minimum absolute atomic E-state index is 0.0536. The maximum absolute atomic E-state index is 13.6. The van der Waals surface area contributed by atoms with Gasteiger partial charge in [0.05, 0.1) is 21.8 Å². The van der Waals surface area contributed by atoms with E-state index in [-0.39, 0.29) is 11.3 Å². The number of Topliss-reactive ketones (excluding diaryl/α,β-unsaturated/α-hetero) is 1. The lowest BCUT2D eigenvalue weighted by Crippen LogP contribution is -2.29. The third kappa shape index (κ3) is 3.19. The van der Waals surface area contributed by atoms with E-state index >= 15 is 0 Å². The molecular weight excluding hydrogens is 415 g/mol. The van der Waals surface area contributed by atoms with E-state index in [1.807, 2.05) is 24.3 Å². The van der Waals surface area contributed by atoms with Gasteiger partial charge in [-0.15, -0.1) is 0 Å². The Hall–Kier alpha value is -3.84. The molecule has 152 valence electrons. The number of hydrogen-bond donors (Lipinski definition) is 1. The molecule has 2 heterocycles. The Kier molecular flexibility index (Phi) is 4.60. The Balaban J connectivity index is 1.74. The zero-order valence-corrected chi connectivity index (χ0v) is 16.8. The normalized spacial score (nSPS) is 18.1. The smallest absolute Gasteiger partial charge is 0.301 e. The van der Waals surface area contributed by atoms with Crippen molar-refractivity contribution in [3.8, 4) is 0 Å². The van der Waals surface area contributed by atoms with Crippen LogP contribution in [0.2, 0.25) is 0 Å². The fraction of sp³-hybridized carbons (Fsp3) is 0.0417. The summed E-state index contributed by atoms with van der Waals surface area (Å²) in [5.41, 5.74) is 1.56. The molecule has 0 saturated carbocycles. The molecule has 1 amide bonds. The molecule has 4 aromatic rings. The molecule has 1 saturated heterocycles. The van der Waals surface area contributed by atoms with Crippen LogP contribution in [0.4, 0.5) is 9.52 Å². The minimum atomic E-state index is -0.929. The maximum Gasteiger partial charge on any atom is 0.301 e. The molecule has 1 unspecified atom stereocenters. The molecule has 1 aliphatic rings. The molecule has 0 radical (unpaired) electrons. The zero-order valence-electron chi connectivity index (χ0n) is 16.0. The molecule has 5 rings (SSSR count). The number of anilines is 1. The van der Waals surface area contributed by atoms with Gasteiger partial charge in [0.1, 0.15) is 11.6 Å². The van der Waals surface area contributed by atoms with E-state index in [2.05, 4.69) is 4.98 Å². The van der Waals surface area contributed by atoms with Gasteiger partial charge in [-0.25, -0.2) is 9.37 Å². The molecule has 7 heteroatoms. The number of carbonyl (C=O) groups is 2. The number of carbonyl (C=O) groups excluding carboxylic acids is 2. The number of fused-ring (bicyclic) bond motifs is 1. The van der Waals surface area contributed by atoms with Gasteiger partial charge >= 0.3 is 5.91 Å². The first-order chi connectivity index (χ1) is 15.0. The number of aliphatic hydroxyl groups is 1. The zero-order chi connectivity index (χ0) is 21.5. The lowest BCUT2D eigenvalue weighted by molar-refractivity contribution is -0.132. The van der Waals surface area contributed by atoms with Gasteiger partial charge in [-0.3, -0.25) is 14.5 Å². The van der Waals surface area contributed by atoms with E-state index in [1.165, 1.54) is 40.5 Å². The predicted molar refractivity (Wildman–Crippen MR) is 117 cm³/mol. The van der Waals surface area contributed by atoms with Crippen molar-refractivity contribution in [2.24, 2.45) is 0 Å². The second-order valence-corrected chi connectivity index (χ2v) is 8.06. The van der Waals surface area contributed by atoms with Crippen molar-refractivity contribution in [2.75, 3.05) is 4.90 Å². The van der Waals surface area contributed by atoms with Gasteiger partial charge in [0.25, 0.3) is 5.78 Å². The first-order valence-corrected chi connectivity index (χ1v) is 10.3. The Morgan fingerprint density at radius 3 is 2.32 bits per heavy atom. The largest absolute Gasteiger partial charge is 0.507 e. The van der Waals surface area contributed by atoms with Gasteiger partial charge in [0.15, 0.2) is 5.13 Å². The van der Waals surface area contributed by atoms with Gasteiger partial charge < -0.3 is 5.11 Å². The first-order valence-electron chi connectivity index (χ1n) is 9.52. The van der Waals surface area contributed by atoms with Gasteiger partial charge in [-0.2, -0.15) is 0 Å². The van der Waals surface area contributed by atoms with Crippen molar-refractivity contribution in [1.29, 1.82) is 0 Å². The minimum Gasteiger partial charge on any atom is -0.507 e. The highest BCUT2D eigenvalue weighted by Crippen LogP contribution is 2.44. The van der Waals surface area contributed by atoms with Crippen molar-refractivity contribution in [2.45, 2.75) is 6.04 Å². The summed E-state index contributed by atoms with van der Waals surface area (Å²) in [6.07, 6.45) is 0. The molecule has 1 atom stereocenters. The van der Waals surface area contributed by atoms with Crippen LogP contribution in [0.1, 0.15) is 17.2 Å². The number of halogens is 1. The Morgan fingerprint density at radius 2 is 1.61 bits per heavy atom. The number of nitrogens with zero attached hydrogens (tertiary/aromatic N) is 2. The van der Waals surface area contributed by atoms with Crippen molar-refractivity contribution < 1.29 is 19.1 Å². The van der Waals surface area contributed by atoms with Crippen LogP contribution in [-0.2, 0) is 9.59 Å². The SMILES string of the molecule is O=C1C(=O)N(c2nc3ccccc3s2)C(c2ccc(F)cc2)/C1=C(\O)c1ccccc1. The number of hydrogen-bond acceptors (Lipinski definition) is 5. The van der Waals surface area contributed by atoms with Crippen LogP contribution in [-0.4, -0.2) is 21.8 Å². The molecular formula is C24H15FN2O3S. The van der Waals surface area contributed by atoms with Crippen LogP contribution in [0.3, 0.4) is 0 Å². The quantitative estimate of drug-likeness (QED) is 0.280. The number of ketones is 1. The number of benzene rings is 3. The topological polar surface area (TPSA) is 70.5 Å². The van der Waals surface area contributed by atoms with Crippen LogP contribution < -0.4 is 4.90 Å². The third-order valence-corrected chi connectivity index (χ3v) is 6.20. The summed E-state index contributed by atoms with van der Waals surface area (Å²) in [5.74, 6) is -2.32. The molecule has 31 heavy (non-hydrogen) atoms. The molecule has 1 aliphatic heterocycles. The summed E-state index contributed by atoms with van der Waals surface area (Å²) in [4.78, 5) is 32.0. The van der Waals surface area contributed by atoms with Crippen LogP contribution in [0.15, 0.2) is 84.4 Å². The Morgan fingerprint density at radius 1 is 0.935 bits per heavy atom. The summed E-state index contributed by atoms with van der Waals surface area (Å²) < 4.78 is 14.4. The molecule has 0 aliphatic carbocycles. The van der Waals surface area contributed by atoms with E-state index < -0.39 is 23.5 Å². The number of aliphatic hydroxyl groups excluding tert-OH is 1. The highest BCUT2D eigenvalue weighted by atomic mass is 32.1. The molecule has 0 spiro atoms. The fourth-order valence-corrected chi connectivity index (χ4v) is 4.70. The summed E-state index contributed by atoms with van der Waals surface area (Å²) in [7, 11) is 0. The highest BCUT2D eigenvalue weighted by molar-refractivity contribution is 7.22. The number of aromatic nitrogens is 1. The van der Waals surface area contributed by atoms with Gasteiger partial charge in [-0.05, 0) is 29.8 Å². The summed E-state index contributed by atoms with van der Waals surface area (Å²) in [5, 5.41) is 11.3. The van der Waals surface area contributed by atoms with Gasteiger partial charge in [0.2, 0.25) is 0 Å². The summed E-state index contributed by atoms with van der Waals surface area (Å²) >= 11 is 1.27. The first kappa shape index (κ1) is 19.1. The molecule has 0 bridgehead atoms.